The van der Waals surface area contributed by atoms with Gasteiger partial charge in [-0.3, -0.25) is 4.57 Å². The number of hydrogen-bond acceptors (Lipinski definition) is 5. The van der Waals surface area contributed by atoms with Crippen LogP contribution in [0.5, 0.6) is 0 Å². The Morgan fingerprint density at radius 1 is 1.50 bits per heavy atom. The molecule has 18 heavy (non-hydrogen) atoms. The van der Waals surface area contributed by atoms with Gasteiger partial charge in [0.2, 0.25) is 5.28 Å². The Morgan fingerprint density at radius 3 is 3.06 bits per heavy atom. The molecular weight excluding hydrogens is 256 g/mol. The molecule has 7 heteroatoms. The molecule has 6 nitrogen and oxygen atoms in total. The van der Waals surface area contributed by atoms with E-state index in [-0.39, 0.29) is 24.2 Å². The van der Waals surface area contributed by atoms with Crippen LogP contribution in [0.3, 0.4) is 0 Å². The second-order valence-corrected chi connectivity index (χ2v) is 4.71. The highest BCUT2D eigenvalue weighted by molar-refractivity contribution is 6.28. The number of fused-ring (bicyclic) bond motifs is 1. The zero-order valence-electron chi connectivity index (χ0n) is 9.88. The van der Waals surface area contributed by atoms with Crippen molar-refractivity contribution in [2.75, 3.05) is 6.61 Å². The fourth-order valence-electron chi connectivity index (χ4n) is 2.26. The highest BCUT2D eigenvalue weighted by atomic mass is 35.5. The highest BCUT2D eigenvalue weighted by Gasteiger charge is 2.27. The summed E-state index contributed by atoms with van der Waals surface area (Å²) >= 11 is 5.87. The molecular formula is C11H13ClN4O2. The predicted molar refractivity (Wildman–Crippen MR) is 65.3 cm³/mol. The van der Waals surface area contributed by atoms with Crippen LogP contribution in [0.4, 0.5) is 0 Å². The number of ether oxygens (including phenoxy) is 1. The summed E-state index contributed by atoms with van der Waals surface area (Å²) in [5.41, 5.74) is 2.16. The van der Waals surface area contributed by atoms with Crippen molar-refractivity contribution in [2.45, 2.75) is 32.1 Å². The molecule has 1 aliphatic rings. The number of aliphatic hydroxyl groups is 1. The molecule has 1 N–H and O–H groups in total. The van der Waals surface area contributed by atoms with E-state index < -0.39 is 0 Å². The fraction of sp³-hybridized carbons (Fsp3) is 0.545. The van der Waals surface area contributed by atoms with E-state index in [4.69, 9.17) is 21.4 Å². The Labute approximate surface area is 109 Å². The van der Waals surface area contributed by atoms with Crippen LogP contribution >= 0.6 is 11.6 Å². The van der Waals surface area contributed by atoms with Crippen molar-refractivity contribution < 1.29 is 9.84 Å². The molecule has 3 rings (SSSR count). The fourth-order valence-corrected chi connectivity index (χ4v) is 2.47. The first kappa shape index (κ1) is 11.8. The average Bonchev–Trinajstić information content (AvgIpc) is 2.93. The second kappa shape index (κ2) is 4.46. The van der Waals surface area contributed by atoms with Crippen molar-refractivity contribution in [2.24, 2.45) is 0 Å². The summed E-state index contributed by atoms with van der Waals surface area (Å²) < 4.78 is 7.57. The second-order valence-electron chi connectivity index (χ2n) is 4.37. The number of halogens is 1. The number of nitrogens with zero attached hydrogens (tertiary/aromatic N) is 4. The van der Waals surface area contributed by atoms with Crippen LogP contribution in [-0.4, -0.2) is 37.3 Å². The van der Waals surface area contributed by atoms with Crippen molar-refractivity contribution in [1.29, 1.82) is 0 Å². The highest BCUT2D eigenvalue weighted by Crippen LogP contribution is 2.30. The van der Waals surface area contributed by atoms with Crippen molar-refractivity contribution in [3.05, 3.63) is 17.3 Å². The lowest BCUT2D eigenvalue weighted by Gasteiger charge is -2.13. The molecule has 0 saturated carbocycles. The largest absolute Gasteiger partial charge is 0.394 e. The summed E-state index contributed by atoms with van der Waals surface area (Å²) in [5, 5.41) is 9.29. The smallest absolute Gasteiger partial charge is 0.224 e. The molecule has 0 amide bonds. The summed E-state index contributed by atoms with van der Waals surface area (Å²) in [5.74, 6) is 0. The lowest BCUT2D eigenvalue weighted by atomic mass is 10.2. The molecule has 0 radical (unpaired) electrons. The minimum atomic E-state index is -0.141. The summed E-state index contributed by atoms with van der Waals surface area (Å²) in [6.07, 6.45) is 3.10. The first-order chi connectivity index (χ1) is 8.69. The van der Waals surface area contributed by atoms with Crippen LogP contribution in [0.25, 0.3) is 11.2 Å². The number of imidazole rings is 1. The van der Waals surface area contributed by atoms with Crippen molar-refractivity contribution in [3.8, 4) is 0 Å². The molecule has 0 bridgehead atoms. The Morgan fingerprint density at radius 2 is 2.33 bits per heavy atom. The molecule has 2 aromatic rings. The predicted octanol–water partition coefficient (Wildman–Crippen LogP) is 1.46. The zero-order chi connectivity index (χ0) is 12.7. The number of aryl methyl sites for hydroxylation is 1. The van der Waals surface area contributed by atoms with E-state index in [9.17, 15) is 0 Å². The van der Waals surface area contributed by atoms with Gasteiger partial charge in [-0.25, -0.2) is 9.97 Å². The lowest BCUT2D eigenvalue weighted by molar-refractivity contribution is -0.0207. The van der Waals surface area contributed by atoms with E-state index in [0.29, 0.717) is 5.65 Å². The monoisotopic (exact) mass is 268 g/mol. The first-order valence-corrected chi connectivity index (χ1v) is 6.20. The van der Waals surface area contributed by atoms with Crippen LogP contribution in [0, 0.1) is 6.92 Å². The molecule has 2 unspecified atom stereocenters. The van der Waals surface area contributed by atoms with Crippen molar-refractivity contribution in [1.82, 2.24) is 19.5 Å². The minimum absolute atomic E-state index is 0.0396. The van der Waals surface area contributed by atoms with Crippen LogP contribution in [0.2, 0.25) is 5.28 Å². The van der Waals surface area contributed by atoms with Gasteiger partial charge in [-0.2, -0.15) is 4.98 Å². The standard InChI is InChI=1S/C11H13ClN4O2/c1-6-9-10(15-11(12)14-6)16(5-13-9)8-3-2-7(4-17)18-8/h5,7-8,17H,2-4H2,1H3. The first-order valence-electron chi connectivity index (χ1n) is 5.82. The van der Waals surface area contributed by atoms with E-state index in [0.717, 1.165) is 24.1 Å². The van der Waals surface area contributed by atoms with E-state index in [1.165, 1.54) is 0 Å². The molecule has 1 saturated heterocycles. The van der Waals surface area contributed by atoms with Gasteiger partial charge in [0.1, 0.15) is 11.7 Å². The third-order valence-corrected chi connectivity index (χ3v) is 3.34. The SMILES string of the molecule is Cc1nc(Cl)nc2c1ncn2C1CCC(CO)O1. The number of hydrogen-bond donors (Lipinski definition) is 1. The molecule has 3 heterocycles. The summed E-state index contributed by atoms with van der Waals surface area (Å²) in [4.78, 5) is 12.6. The third kappa shape index (κ3) is 1.86. The van der Waals surface area contributed by atoms with Gasteiger partial charge < -0.3 is 9.84 Å². The Kier molecular flexibility index (Phi) is 2.93. The van der Waals surface area contributed by atoms with Crippen LogP contribution in [0.1, 0.15) is 24.8 Å². The maximum Gasteiger partial charge on any atom is 0.224 e. The van der Waals surface area contributed by atoms with Crippen molar-refractivity contribution in [3.63, 3.8) is 0 Å². The Hall–Kier alpha value is -1.24. The third-order valence-electron chi connectivity index (χ3n) is 3.17. The summed E-state index contributed by atoms with van der Waals surface area (Å²) in [6, 6.07) is 0. The summed E-state index contributed by atoms with van der Waals surface area (Å²) in [6.45, 7) is 1.89. The van der Waals surface area contributed by atoms with E-state index in [1.54, 1.807) is 6.33 Å². The van der Waals surface area contributed by atoms with Gasteiger partial charge in [-0.05, 0) is 31.4 Å². The van der Waals surface area contributed by atoms with Crippen LogP contribution < -0.4 is 0 Å². The van der Waals surface area contributed by atoms with Gasteiger partial charge in [0.25, 0.3) is 0 Å². The van der Waals surface area contributed by atoms with Crippen molar-refractivity contribution >= 4 is 22.8 Å². The Bertz CT molecular complexity index is 586. The van der Waals surface area contributed by atoms with Gasteiger partial charge in [0.15, 0.2) is 5.65 Å². The normalized spacial score (nSPS) is 23.9. The topological polar surface area (TPSA) is 73.1 Å². The van der Waals surface area contributed by atoms with Gasteiger partial charge in [0, 0.05) is 0 Å². The van der Waals surface area contributed by atoms with Crippen LogP contribution in [-0.2, 0) is 4.74 Å². The quantitative estimate of drug-likeness (QED) is 0.835. The molecule has 0 spiro atoms. The molecule has 96 valence electrons. The number of rotatable bonds is 2. The van der Waals surface area contributed by atoms with Gasteiger partial charge in [-0.1, -0.05) is 0 Å². The van der Waals surface area contributed by atoms with Crippen LogP contribution in [0.15, 0.2) is 6.33 Å². The lowest BCUT2D eigenvalue weighted by Crippen LogP contribution is -2.14. The molecule has 1 fully saturated rings. The van der Waals surface area contributed by atoms with Gasteiger partial charge in [-0.15, -0.1) is 0 Å². The summed E-state index contributed by atoms with van der Waals surface area (Å²) in [7, 11) is 0. The van der Waals surface area contributed by atoms with Gasteiger partial charge in [0.05, 0.1) is 24.7 Å². The molecule has 0 aliphatic carbocycles. The molecule has 0 aromatic carbocycles. The van der Waals surface area contributed by atoms with E-state index in [2.05, 4.69) is 15.0 Å². The van der Waals surface area contributed by atoms with E-state index in [1.807, 2.05) is 11.5 Å². The average molecular weight is 269 g/mol. The molecule has 2 aromatic heterocycles. The maximum atomic E-state index is 9.09. The van der Waals surface area contributed by atoms with Gasteiger partial charge >= 0.3 is 0 Å². The van der Waals surface area contributed by atoms with E-state index >= 15 is 0 Å². The molecule has 1 aliphatic heterocycles. The minimum Gasteiger partial charge on any atom is -0.394 e. The zero-order valence-corrected chi connectivity index (χ0v) is 10.6. The Balaban J connectivity index is 2.03. The number of aliphatic hydroxyl groups excluding tert-OH is 1. The molecule has 2 atom stereocenters. The number of aromatic nitrogens is 4. The maximum absolute atomic E-state index is 9.09.